The van der Waals surface area contributed by atoms with Gasteiger partial charge in [-0.3, -0.25) is 4.79 Å². The molecule has 0 fully saturated rings. The molecule has 0 saturated heterocycles. The van der Waals surface area contributed by atoms with Crippen molar-refractivity contribution in [3.05, 3.63) is 35.8 Å². The molecular formula is C14H19N3O2S. The Morgan fingerprint density at radius 2 is 2.30 bits per heavy atom. The summed E-state index contributed by atoms with van der Waals surface area (Å²) in [6, 6.07) is 3.10. The van der Waals surface area contributed by atoms with Crippen LogP contribution in [0.1, 0.15) is 25.1 Å². The molecule has 0 unspecified atom stereocenters. The third-order valence-corrected chi connectivity index (χ3v) is 4.77. The number of pyridine rings is 1. The number of hydrogen-bond acceptors (Lipinski definition) is 4. The second kappa shape index (κ2) is 5.46. The van der Waals surface area contributed by atoms with Crippen LogP contribution in [0.15, 0.2) is 24.5 Å². The minimum atomic E-state index is -0.978. The van der Waals surface area contributed by atoms with Gasteiger partial charge in [0.05, 0.1) is 5.69 Å². The van der Waals surface area contributed by atoms with Gasteiger partial charge in [0.25, 0.3) is 0 Å². The van der Waals surface area contributed by atoms with Crippen molar-refractivity contribution < 1.29 is 9.90 Å². The summed E-state index contributed by atoms with van der Waals surface area (Å²) < 4.78 is 1.44. The summed E-state index contributed by atoms with van der Waals surface area (Å²) in [5, 5.41) is 9.01. The summed E-state index contributed by atoms with van der Waals surface area (Å²) in [4.78, 5) is 15.6. The summed E-state index contributed by atoms with van der Waals surface area (Å²) in [7, 11) is 0. The van der Waals surface area contributed by atoms with Gasteiger partial charge in [-0.1, -0.05) is 6.07 Å². The molecule has 2 aromatic heterocycles. The van der Waals surface area contributed by atoms with Crippen molar-refractivity contribution in [2.24, 2.45) is 5.73 Å². The van der Waals surface area contributed by atoms with Gasteiger partial charge >= 0.3 is 5.97 Å². The van der Waals surface area contributed by atoms with Crippen LogP contribution < -0.4 is 5.73 Å². The zero-order valence-electron chi connectivity index (χ0n) is 11.8. The number of hydrogen-bond donors (Lipinski definition) is 2. The SMILES string of the molecule is Cc1cccn2cc(CSC(C)(C)[C@@H](N)C(=O)O)nc12. The van der Waals surface area contributed by atoms with Gasteiger partial charge < -0.3 is 15.2 Å². The van der Waals surface area contributed by atoms with Crippen molar-refractivity contribution in [1.82, 2.24) is 9.38 Å². The van der Waals surface area contributed by atoms with Crippen molar-refractivity contribution in [2.45, 2.75) is 37.3 Å². The molecule has 0 bridgehead atoms. The molecule has 5 nitrogen and oxygen atoms in total. The van der Waals surface area contributed by atoms with Crippen LogP contribution in [0.2, 0.25) is 0 Å². The molecule has 2 aromatic rings. The number of imidazole rings is 1. The summed E-state index contributed by atoms with van der Waals surface area (Å²) in [6.45, 7) is 5.71. The van der Waals surface area contributed by atoms with E-state index in [1.54, 1.807) is 0 Å². The monoisotopic (exact) mass is 293 g/mol. The lowest BCUT2D eigenvalue weighted by Crippen LogP contribution is -2.46. The summed E-state index contributed by atoms with van der Waals surface area (Å²) in [5.41, 5.74) is 8.69. The number of carbonyl (C=O) groups is 1. The Labute approximate surface area is 122 Å². The third-order valence-electron chi connectivity index (χ3n) is 3.33. The van der Waals surface area contributed by atoms with Crippen molar-refractivity contribution in [3.63, 3.8) is 0 Å². The van der Waals surface area contributed by atoms with Gasteiger partial charge in [-0.25, -0.2) is 4.98 Å². The number of aromatic nitrogens is 2. The van der Waals surface area contributed by atoms with E-state index in [2.05, 4.69) is 4.98 Å². The maximum Gasteiger partial charge on any atom is 0.321 e. The van der Waals surface area contributed by atoms with E-state index >= 15 is 0 Å². The van der Waals surface area contributed by atoms with E-state index < -0.39 is 16.8 Å². The number of nitrogens with zero attached hydrogens (tertiary/aromatic N) is 2. The average Bonchev–Trinajstić information content (AvgIpc) is 2.80. The van der Waals surface area contributed by atoms with E-state index in [-0.39, 0.29) is 0 Å². The highest BCUT2D eigenvalue weighted by molar-refractivity contribution is 7.99. The molecule has 0 aliphatic carbocycles. The van der Waals surface area contributed by atoms with Gasteiger partial charge in [0.2, 0.25) is 0 Å². The van der Waals surface area contributed by atoms with Crippen LogP contribution in [0.25, 0.3) is 5.65 Å². The van der Waals surface area contributed by atoms with Crippen molar-refractivity contribution >= 4 is 23.4 Å². The van der Waals surface area contributed by atoms with Crippen LogP contribution in [0.5, 0.6) is 0 Å². The number of nitrogens with two attached hydrogens (primary N) is 1. The molecule has 0 spiro atoms. The lowest BCUT2D eigenvalue weighted by Gasteiger charge is -2.27. The minimum Gasteiger partial charge on any atom is -0.480 e. The highest BCUT2D eigenvalue weighted by atomic mass is 32.2. The molecule has 0 aliphatic rings. The third kappa shape index (κ3) is 2.96. The number of thioether (sulfide) groups is 1. The second-order valence-electron chi connectivity index (χ2n) is 5.36. The normalized spacial score (nSPS) is 13.6. The number of rotatable bonds is 5. The fourth-order valence-electron chi connectivity index (χ4n) is 1.92. The summed E-state index contributed by atoms with van der Waals surface area (Å²) in [5.74, 6) is -0.344. The van der Waals surface area contributed by atoms with E-state index in [4.69, 9.17) is 10.8 Å². The van der Waals surface area contributed by atoms with Crippen molar-refractivity contribution in [3.8, 4) is 0 Å². The van der Waals surface area contributed by atoms with Crippen LogP contribution in [-0.4, -0.2) is 31.2 Å². The highest BCUT2D eigenvalue weighted by Gasteiger charge is 2.32. The molecule has 0 saturated carbocycles. The van der Waals surface area contributed by atoms with Gasteiger partial charge in [0, 0.05) is 22.9 Å². The Kier molecular flexibility index (Phi) is 4.06. The molecule has 2 heterocycles. The maximum absolute atomic E-state index is 11.0. The van der Waals surface area contributed by atoms with Crippen LogP contribution in [0.4, 0.5) is 0 Å². The predicted molar refractivity (Wildman–Crippen MR) is 80.9 cm³/mol. The molecule has 0 aliphatic heterocycles. The van der Waals surface area contributed by atoms with Crippen molar-refractivity contribution in [1.29, 1.82) is 0 Å². The van der Waals surface area contributed by atoms with E-state index in [0.717, 1.165) is 16.9 Å². The fraction of sp³-hybridized carbons (Fsp3) is 0.429. The van der Waals surface area contributed by atoms with Crippen molar-refractivity contribution in [2.75, 3.05) is 0 Å². The average molecular weight is 293 g/mol. The van der Waals surface area contributed by atoms with E-state index in [9.17, 15) is 4.79 Å². The number of carboxylic acids is 1. The Hall–Kier alpha value is -1.53. The predicted octanol–water partition coefficient (Wildman–Crippen LogP) is 2.07. The first-order valence-electron chi connectivity index (χ1n) is 6.37. The van der Waals surface area contributed by atoms with Gasteiger partial charge in [0.15, 0.2) is 0 Å². The largest absolute Gasteiger partial charge is 0.480 e. The Morgan fingerprint density at radius 3 is 2.90 bits per heavy atom. The summed E-state index contributed by atoms with van der Waals surface area (Å²) >= 11 is 1.51. The van der Waals surface area contributed by atoms with Crippen LogP contribution >= 0.6 is 11.8 Å². The molecule has 0 aromatic carbocycles. The Morgan fingerprint density at radius 1 is 1.60 bits per heavy atom. The zero-order chi connectivity index (χ0) is 14.9. The Balaban J connectivity index is 2.13. The topological polar surface area (TPSA) is 80.6 Å². The first-order chi connectivity index (χ1) is 9.31. The highest BCUT2D eigenvalue weighted by Crippen LogP contribution is 2.30. The smallest absolute Gasteiger partial charge is 0.321 e. The van der Waals surface area contributed by atoms with Gasteiger partial charge in [-0.15, -0.1) is 11.8 Å². The molecular weight excluding hydrogens is 274 g/mol. The fourth-order valence-corrected chi connectivity index (χ4v) is 2.86. The van der Waals surface area contributed by atoms with E-state index in [1.165, 1.54) is 11.8 Å². The number of fused-ring (bicyclic) bond motifs is 1. The number of aryl methyl sites for hydroxylation is 1. The van der Waals surface area contributed by atoms with Gasteiger partial charge in [-0.2, -0.15) is 0 Å². The minimum absolute atomic E-state index is 0.545. The zero-order valence-corrected chi connectivity index (χ0v) is 12.6. The quantitative estimate of drug-likeness (QED) is 0.882. The van der Waals surface area contributed by atoms with E-state index in [0.29, 0.717) is 5.75 Å². The summed E-state index contributed by atoms with van der Waals surface area (Å²) in [6.07, 6.45) is 3.93. The lowest BCUT2D eigenvalue weighted by molar-refractivity contribution is -0.139. The Bertz CT molecular complexity index is 636. The molecule has 2 rings (SSSR count). The van der Waals surface area contributed by atoms with E-state index in [1.807, 2.05) is 49.7 Å². The molecule has 0 radical (unpaired) electrons. The van der Waals surface area contributed by atoms with Gasteiger partial charge in [0.1, 0.15) is 11.7 Å². The van der Waals surface area contributed by atoms with Crippen LogP contribution in [0.3, 0.4) is 0 Å². The molecule has 108 valence electrons. The molecule has 3 N–H and O–H groups in total. The van der Waals surface area contributed by atoms with Crippen LogP contribution in [0, 0.1) is 6.92 Å². The molecule has 1 atom stereocenters. The first kappa shape index (κ1) is 14.9. The van der Waals surface area contributed by atoms with Gasteiger partial charge in [-0.05, 0) is 32.4 Å². The second-order valence-corrected chi connectivity index (χ2v) is 6.99. The lowest BCUT2D eigenvalue weighted by atomic mass is 10.1. The number of aliphatic carboxylic acids is 1. The number of carboxylic acid groups (broad SMARTS) is 1. The molecule has 20 heavy (non-hydrogen) atoms. The maximum atomic E-state index is 11.0. The molecule has 6 heteroatoms. The molecule has 0 amide bonds. The first-order valence-corrected chi connectivity index (χ1v) is 7.35. The van der Waals surface area contributed by atoms with Crippen LogP contribution in [-0.2, 0) is 10.5 Å². The standard InChI is InChI=1S/C14H19N3O2S/c1-9-5-4-6-17-7-10(16-12(9)17)8-20-14(2,3)11(15)13(18)19/h4-7,11H,8,15H2,1-3H3,(H,18,19)/t11-/m0/s1.